The van der Waals surface area contributed by atoms with E-state index >= 15 is 0 Å². The van der Waals surface area contributed by atoms with Crippen molar-refractivity contribution >= 4 is 11.9 Å². The molecule has 0 fully saturated rings. The predicted octanol–water partition coefficient (Wildman–Crippen LogP) is 1.51. The van der Waals surface area contributed by atoms with Gasteiger partial charge in [0, 0.05) is 6.54 Å². The monoisotopic (exact) mass is 215 g/mol. The lowest BCUT2D eigenvalue weighted by Crippen LogP contribution is -2.41. The molecule has 15 heavy (non-hydrogen) atoms. The molecule has 88 valence electrons. The van der Waals surface area contributed by atoms with Gasteiger partial charge in [-0.3, -0.25) is 9.59 Å². The Morgan fingerprint density at radius 2 is 1.73 bits per heavy atom. The summed E-state index contributed by atoms with van der Waals surface area (Å²) in [7, 11) is 0. The second kappa shape index (κ2) is 5.14. The third-order valence-corrected chi connectivity index (χ3v) is 3.04. The molecule has 0 rings (SSSR count). The van der Waals surface area contributed by atoms with Crippen LogP contribution in [-0.4, -0.2) is 23.5 Å². The minimum Gasteiger partial charge on any atom is -0.481 e. The summed E-state index contributed by atoms with van der Waals surface area (Å²) in [6.07, 6.45) is 0. The van der Waals surface area contributed by atoms with E-state index < -0.39 is 17.8 Å². The first-order valence-corrected chi connectivity index (χ1v) is 5.19. The summed E-state index contributed by atoms with van der Waals surface area (Å²) in [6, 6.07) is 0. The molecule has 0 bridgehead atoms. The largest absolute Gasteiger partial charge is 0.481 e. The minimum absolute atomic E-state index is 0.0200. The van der Waals surface area contributed by atoms with Crippen molar-refractivity contribution in [3.63, 3.8) is 0 Å². The molecule has 0 aromatic heterocycles. The van der Waals surface area contributed by atoms with Gasteiger partial charge in [0.25, 0.3) is 0 Å². The summed E-state index contributed by atoms with van der Waals surface area (Å²) in [6.45, 7) is 10.1. The number of hydrogen-bond donors (Lipinski definition) is 2. The van der Waals surface area contributed by atoms with Gasteiger partial charge in [-0.15, -0.1) is 0 Å². The maximum Gasteiger partial charge on any atom is 0.315 e. The molecule has 4 nitrogen and oxygen atoms in total. The first kappa shape index (κ1) is 13.9. The fourth-order valence-corrected chi connectivity index (χ4v) is 0.784. The minimum atomic E-state index is -1.09. The van der Waals surface area contributed by atoms with Crippen molar-refractivity contribution in [1.82, 2.24) is 5.32 Å². The van der Waals surface area contributed by atoms with Crippen LogP contribution in [0.5, 0.6) is 0 Å². The fourth-order valence-electron chi connectivity index (χ4n) is 0.784. The Labute approximate surface area is 91.1 Å². The van der Waals surface area contributed by atoms with Gasteiger partial charge >= 0.3 is 5.97 Å². The van der Waals surface area contributed by atoms with E-state index in [2.05, 4.69) is 19.2 Å². The quantitative estimate of drug-likeness (QED) is 0.683. The maximum atomic E-state index is 11.4. The Bertz CT molecular complexity index is 246. The van der Waals surface area contributed by atoms with Crippen LogP contribution in [0.1, 0.15) is 34.6 Å². The summed E-state index contributed by atoms with van der Waals surface area (Å²) in [5, 5.41) is 11.3. The fraction of sp³-hybridized carbons (Fsp3) is 0.818. The SMILES string of the molecule is CC(C(=O)O)C(=O)NCC(C)(C)C(C)C. The van der Waals surface area contributed by atoms with E-state index in [9.17, 15) is 9.59 Å². The number of carboxylic acid groups (broad SMARTS) is 1. The highest BCUT2D eigenvalue weighted by Gasteiger charge is 2.26. The second-order valence-corrected chi connectivity index (χ2v) is 4.92. The molecule has 0 aromatic rings. The molecule has 2 N–H and O–H groups in total. The highest BCUT2D eigenvalue weighted by molar-refractivity contribution is 5.96. The van der Waals surface area contributed by atoms with E-state index in [1.807, 2.05) is 13.8 Å². The lowest BCUT2D eigenvalue weighted by Gasteiger charge is -2.29. The van der Waals surface area contributed by atoms with Crippen LogP contribution in [-0.2, 0) is 9.59 Å². The Morgan fingerprint density at radius 1 is 1.27 bits per heavy atom. The number of rotatable bonds is 5. The van der Waals surface area contributed by atoms with Crippen LogP contribution in [0.2, 0.25) is 0 Å². The Kier molecular flexibility index (Phi) is 4.78. The number of carbonyl (C=O) groups excluding carboxylic acids is 1. The van der Waals surface area contributed by atoms with Gasteiger partial charge in [0.15, 0.2) is 0 Å². The van der Waals surface area contributed by atoms with Crippen molar-refractivity contribution in [3.05, 3.63) is 0 Å². The number of aliphatic carboxylic acids is 1. The van der Waals surface area contributed by atoms with Crippen LogP contribution < -0.4 is 5.32 Å². The second-order valence-electron chi connectivity index (χ2n) is 4.92. The molecule has 0 saturated heterocycles. The van der Waals surface area contributed by atoms with Crippen LogP contribution in [0.3, 0.4) is 0 Å². The van der Waals surface area contributed by atoms with Crippen LogP contribution in [0, 0.1) is 17.3 Å². The van der Waals surface area contributed by atoms with Gasteiger partial charge in [-0.25, -0.2) is 0 Å². The van der Waals surface area contributed by atoms with E-state index in [1.54, 1.807) is 0 Å². The van der Waals surface area contributed by atoms with Gasteiger partial charge in [-0.2, -0.15) is 0 Å². The molecule has 1 atom stereocenters. The van der Waals surface area contributed by atoms with Crippen molar-refractivity contribution in [1.29, 1.82) is 0 Å². The number of carboxylic acids is 1. The first-order valence-electron chi connectivity index (χ1n) is 5.19. The van der Waals surface area contributed by atoms with Crippen LogP contribution >= 0.6 is 0 Å². The predicted molar refractivity (Wildman–Crippen MR) is 58.4 cm³/mol. The number of amides is 1. The van der Waals surface area contributed by atoms with Gasteiger partial charge < -0.3 is 10.4 Å². The summed E-state index contributed by atoms with van der Waals surface area (Å²) < 4.78 is 0. The number of carbonyl (C=O) groups is 2. The van der Waals surface area contributed by atoms with Crippen molar-refractivity contribution in [3.8, 4) is 0 Å². The molecular weight excluding hydrogens is 194 g/mol. The Hall–Kier alpha value is -1.06. The zero-order valence-corrected chi connectivity index (χ0v) is 10.1. The first-order chi connectivity index (χ1) is 6.68. The number of hydrogen-bond acceptors (Lipinski definition) is 2. The molecule has 0 radical (unpaired) electrons. The lowest BCUT2D eigenvalue weighted by atomic mass is 9.81. The molecule has 0 saturated carbocycles. The normalized spacial score (nSPS) is 13.7. The smallest absolute Gasteiger partial charge is 0.315 e. The molecule has 0 aliphatic heterocycles. The molecule has 1 unspecified atom stereocenters. The Balaban J connectivity index is 4.17. The average molecular weight is 215 g/mol. The third kappa shape index (κ3) is 4.32. The summed E-state index contributed by atoms with van der Waals surface area (Å²) in [5.74, 6) is -2.06. The van der Waals surface area contributed by atoms with Crippen molar-refractivity contribution in [2.45, 2.75) is 34.6 Å². The zero-order valence-electron chi connectivity index (χ0n) is 10.1. The standard InChI is InChI=1S/C11H21NO3/c1-7(2)11(4,5)6-12-9(13)8(3)10(14)15/h7-8H,6H2,1-5H3,(H,12,13)(H,14,15). The van der Waals surface area contributed by atoms with E-state index in [-0.39, 0.29) is 5.41 Å². The highest BCUT2D eigenvalue weighted by Crippen LogP contribution is 2.24. The molecule has 0 heterocycles. The van der Waals surface area contributed by atoms with Crippen LogP contribution in [0.25, 0.3) is 0 Å². The number of nitrogens with one attached hydrogen (secondary N) is 1. The van der Waals surface area contributed by atoms with Gasteiger partial charge in [0.05, 0.1) is 0 Å². The third-order valence-electron chi connectivity index (χ3n) is 3.04. The Morgan fingerprint density at radius 3 is 2.07 bits per heavy atom. The average Bonchev–Trinajstić information content (AvgIpc) is 2.12. The van der Waals surface area contributed by atoms with Gasteiger partial charge in [-0.05, 0) is 18.3 Å². The van der Waals surface area contributed by atoms with Crippen molar-refractivity contribution in [2.24, 2.45) is 17.3 Å². The summed E-state index contributed by atoms with van der Waals surface area (Å²) in [4.78, 5) is 21.9. The van der Waals surface area contributed by atoms with E-state index in [0.29, 0.717) is 12.5 Å². The van der Waals surface area contributed by atoms with Crippen LogP contribution in [0.15, 0.2) is 0 Å². The molecule has 1 amide bonds. The molecule has 0 aromatic carbocycles. The molecule has 0 aliphatic rings. The van der Waals surface area contributed by atoms with E-state index in [1.165, 1.54) is 6.92 Å². The molecule has 0 aliphatic carbocycles. The van der Waals surface area contributed by atoms with Crippen molar-refractivity contribution in [2.75, 3.05) is 6.54 Å². The van der Waals surface area contributed by atoms with Gasteiger partial charge in [0.1, 0.15) is 5.92 Å². The molecule has 0 spiro atoms. The molecular formula is C11H21NO3. The molecule has 4 heteroatoms. The summed E-state index contributed by atoms with van der Waals surface area (Å²) in [5.41, 5.74) is -0.0200. The maximum absolute atomic E-state index is 11.4. The van der Waals surface area contributed by atoms with E-state index in [0.717, 1.165) is 0 Å². The lowest BCUT2D eigenvalue weighted by molar-refractivity contribution is -0.146. The van der Waals surface area contributed by atoms with Gasteiger partial charge in [0.2, 0.25) is 5.91 Å². The van der Waals surface area contributed by atoms with Crippen LogP contribution in [0.4, 0.5) is 0 Å². The zero-order chi connectivity index (χ0) is 12.2. The highest BCUT2D eigenvalue weighted by atomic mass is 16.4. The topological polar surface area (TPSA) is 66.4 Å². The van der Waals surface area contributed by atoms with Crippen molar-refractivity contribution < 1.29 is 14.7 Å². The summed E-state index contributed by atoms with van der Waals surface area (Å²) >= 11 is 0. The van der Waals surface area contributed by atoms with Gasteiger partial charge in [-0.1, -0.05) is 27.7 Å². The van der Waals surface area contributed by atoms with E-state index in [4.69, 9.17) is 5.11 Å².